The quantitative estimate of drug-likeness (QED) is 0.175. The van der Waals surface area contributed by atoms with Gasteiger partial charge in [-0.15, -0.1) is 0 Å². The van der Waals surface area contributed by atoms with Crippen molar-refractivity contribution in [2.45, 2.75) is 75.8 Å². The Morgan fingerprint density at radius 1 is 0.717 bits per heavy atom. The van der Waals surface area contributed by atoms with Crippen molar-refractivity contribution >= 4 is 15.7 Å². The van der Waals surface area contributed by atoms with E-state index in [0.717, 1.165) is 34.4 Å². The minimum Gasteiger partial charge on any atom is -0.488 e. The molecule has 1 aliphatic rings. The predicted molar refractivity (Wildman–Crippen MR) is 155 cm³/mol. The Hall–Kier alpha value is -3.68. The summed E-state index contributed by atoms with van der Waals surface area (Å²) in [6.07, 6.45) is -4.71. The Labute approximate surface area is 261 Å². The molecular weight excluding hydrogens is 651 g/mol. The molecule has 0 aromatic heterocycles. The van der Waals surface area contributed by atoms with Gasteiger partial charge in [-0.05, 0) is 79.3 Å². The van der Waals surface area contributed by atoms with Gasteiger partial charge < -0.3 is 8.92 Å². The number of hydrogen-bond donors (Lipinski definition) is 0. The topological polar surface area (TPSA) is 52.6 Å². The van der Waals surface area contributed by atoms with E-state index >= 15 is 0 Å². The summed E-state index contributed by atoms with van der Waals surface area (Å²) in [4.78, 5) is 0. The molecule has 0 bridgehead atoms. The highest BCUT2D eigenvalue weighted by Crippen LogP contribution is 2.55. The van der Waals surface area contributed by atoms with Crippen molar-refractivity contribution in [3.05, 3.63) is 101 Å². The molecule has 4 nitrogen and oxygen atoms in total. The van der Waals surface area contributed by atoms with Crippen LogP contribution in [0.1, 0.15) is 62.8 Å². The number of halogens is 9. The first-order valence-electron chi connectivity index (χ1n) is 13.9. The molecule has 0 N–H and O–H groups in total. The molecule has 0 saturated carbocycles. The van der Waals surface area contributed by atoms with Crippen molar-refractivity contribution < 1.29 is 56.9 Å². The number of hydrogen-bond acceptors (Lipinski definition) is 4. The maximum absolute atomic E-state index is 14.1. The molecule has 14 heteroatoms. The van der Waals surface area contributed by atoms with Crippen LogP contribution in [0.25, 0.3) is 5.57 Å². The van der Waals surface area contributed by atoms with Crippen molar-refractivity contribution in [1.29, 1.82) is 0 Å². The van der Waals surface area contributed by atoms with Crippen molar-refractivity contribution in [2.75, 3.05) is 0 Å². The highest BCUT2D eigenvalue weighted by Gasteiger charge is 2.86. The SMILES string of the molecule is CC.CC(C)(C)Oc1ccc2c(c1)CC=C(c1ccccc1)C2c1ccc(OS(=O)(=O)C(F)(F)C(F)(F)C(F)(F)C(F)(F)F)cc1. The number of alkyl halides is 9. The van der Waals surface area contributed by atoms with E-state index in [-0.39, 0.29) is 0 Å². The molecule has 1 aliphatic carbocycles. The van der Waals surface area contributed by atoms with Crippen molar-refractivity contribution in [2.24, 2.45) is 0 Å². The first-order chi connectivity index (χ1) is 21.1. The monoisotopic (exact) mass is 682 g/mol. The summed E-state index contributed by atoms with van der Waals surface area (Å²) in [6, 6.07) is 18.7. The van der Waals surface area contributed by atoms with Gasteiger partial charge in [0.15, 0.2) is 0 Å². The van der Waals surface area contributed by atoms with E-state index in [2.05, 4.69) is 4.18 Å². The van der Waals surface area contributed by atoms with Gasteiger partial charge in [0.1, 0.15) is 17.1 Å². The zero-order chi connectivity index (χ0) is 34.9. The lowest BCUT2D eigenvalue weighted by Crippen LogP contribution is -2.63. The third-order valence-corrected chi connectivity index (χ3v) is 7.95. The van der Waals surface area contributed by atoms with Gasteiger partial charge in [0, 0.05) is 5.92 Å². The van der Waals surface area contributed by atoms with Crippen LogP contribution < -0.4 is 8.92 Å². The Kier molecular flexibility index (Phi) is 10.3. The number of ether oxygens (including phenoxy) is 1. The molecule has 1 atom stereocenters. The van der Waals surface area contributed by atoms with Crippen LogP contribution in [0, 0.1) is 0 Å². The molecule has 252 valence electrons. The maximum Gasteiger partial charge on any atom is 0.460 e. The lowest BCUT2D eigenvalue weighted by Gasteiger charge is -2.32. The molecule has 0 radical (unpaired) electrons. The van der Waals surface area contributed by atoms with Gasteiger partial charge in [0.2, 0.25) is 0 Å². The molecule has 3 aromatic carbocycles. The van der Waals surface area contributed by atoms with Crippen LogP contribution >= 0.6 is 0 Å². The highest BCUT2D eigenvalue weighted by molar-refractivity contribution is 7.88. The summed E-state index contributed by atoms with van der Waals surface area (Å²) >= 11 is 0. The third-order valence-electron chi connectivity index (χ3n) is 6.66. The van der Waals surface area contributed by atoms with E-state index in [1.165, 1.54) is 12.1 Å². The second kappa shape index (κ2) is 12.8. The fourth-order valence-electron chi connectivity index (χ4n) is 4.65. The summed E-state index contributed by atoms with van der Waals surface area (Å²) < 4.78 is 153. The number of rotatable bonds is 8. The molecule has 4 rings (SSSR count). The van der Waals surface area contributed by atoms with Crippen LogP contribution in [0.2, 0.25) is 0 Å². The van der Waals surface area contributed by atoms with E-state index < -0.39 is 50.7 Å². The lowest BCUT2D eigenvalue weighted by atomic mass is 9.75. The Morgan fingerprint density at radius 2 is 1.26 bits per heavy atom. The lowest BCUT2D eigenvalue weighted by molar-refractivity contribution is -0.382. The van der Waals surface area contributed by atoms with Crippen LogP contribution in [0.4, 0.5) is 39.5 Å². The van der Waals surface area contributed by atoms with Crippen LogP contribution in [0.15, 0.2) is 78.9 Å². The minimum absolute atomic E-state index is 0.469. The van der Waals surface area contributed by atoms with Gasteiger partial charge in [0.05, 0.1) is 0 Å². The van der Waals surface area contributed by atoms with Gasteiger partial charge in [-0.25, -0.2) is 0 Å². The Bertz CT molecular complexity index is 1640. The third kappa shape index (κ3) is 7.01. The Morgan fingerprint density at radius 3 is 1.78 bits per heavy atom. The fourth-order valence-corrected chi connectivity index (χ4v) is 5.56. The summed E-state index contributed by atoms with van der Waals surface area (Å²) in [5.41, 5.74) is 3.34. The molecule has 0 saturated heterocycles. The summed E-state index contributed by atoms with van der Waals surface area (Å²) in [7, 11) is -7.06. The molecule has 3 aromatic rings. The normalized spacial score (nSPS) is 16.0. The van der Waals surface area contributed by atoms with Crippen molar-refractivity contribution in [1.82, 2.24) is 0 Å². The molecular formula is C32H31F9O4S. The van der Waals surface area contributed by atoms with Gasteiger partial charge in [-0.1, -0.05) is 68.5 Å². The average Bonchev–Trinajstić information content (AvgIpc) is 2.96. The molecule has 46 heavy (non-hydrogen) atoms. The Balaban J connectivity index is 0.00000282. The van der Waals surface area contributed by atoms with E-state index in [0.29, 0.717) is 17.7 Å². The standard InChI is InChI=1S/C30H25F9O4S.C2H6/c1-26(2,3)42-22-14-16-24-20(17-22)11-15-23(18-7-5-4-6-8-18)25(24)19-9-12-21(13-10-19)43-44(40,41)30(38,39)28(33,34)27(31,32)29(35,36)37;1-2/h4-10,12-17,25H,11H2,1-3H3;1-2H3. The summed E-state index contributed by atoms with van der Waals surface area (Å²) in [5, 5.41) is -6.96. The van der Waals surface area contributed by atoms with E-state index in [1.807, 2.05) is 83.2 Å². The second-order valence-electron chi connectivity index (χ2n) is 11.0. The molecule has 0 amide bonds. The molecule has 1 unspecified atom stereocenters. The van der Waals surface area contributed by atoms with Crippen molar-refractivity contribution in [3.8, 4) is 11.5 Å². The smallest absolute Gasteiger partial charge is 0.460 e. The molecule has 0 spiro atoms. The predicted octanol–water partition coefficient (Wildman–Crippen LogP) is 9.80. The average molecular weight is 683 g/mol. The van der Waals surface area contributed by atoms with Crippen LogP contribution in [0.3, 0.4) is 0 Å². The van der Waals surface area contributed by atoms with Gasteiger partial charge in [-0.3, -0.25) is 0 Å². The van der Waals surface area contributed by atoms with E-state index in [4.69, 9.17) is 4.74 Å². The minimum atomic E-state index is -7.40. The maximum atomic E-state index is 14.1. The number of benzene rings is 3. The van der Waals surface area contributed by atoms with Crippen LogP contribution in [0.5, 0.6) is 11.5 Å². The van der Waals surface area contributed by atoms with E-state index in [9.17, 15) is 47.9 Å². The molecule has 0 aliphatic heterocycles. The highest BCUT2D eigenvalue weighted by atomic mass is 32.2. The summed E-state index contributed by atoms with van der Waals surface area (Å²) in [5.74, 6) is -15.7. The first-order valence-corrected chi connectivity index (χ1v) is 15.3. The van der Waals surface area contributed by atoms with Crippen LogP contribution in [-0.2, 0) is 16.5 Å². The second-order valence-corrected chi connectivity index (χ2v) is 12.6. The van der Waals surface area contributed by atoms with Gasteiger partial charge in [-0.2, -0.15) is 47.9 Å². The zero-order valence-electron chi connectivity index (χ0n) is 25.2. The van der Waals surface area contributed by atoms with Crippen LogP contribution in [-0.4, -0.2) is 37.3 Å². The molecule has 0 heterocycles. The van der Waals surface area contributed by atoms with E-state index in [1.54, 1.807) is 6.07 Å². The van der Waals surface area contributed by atoms with Gasteiger partial charge in [0.25, 0.3) is 0 Å². The largest absolute Gasteiger partial charge is 0.488 e. The summed E-state index contributed by atoms with van der Waals surface area (Å²) in [6.45, 7) is 9.64. The number of fused-ring (bicyclic) bond motifs is 1. The van der Waals surface area contributed by atoms with Gasteiger partial charge >= 0.3 is 33.4 Å². The van der Waals surface area contributed by atoms with Crippen molar-refractivity contribution in [3.63, 3.8) is 0 Å². The zero-order valence-corrected chi connectivity index (χ0v) is 26.0. The number of allylic oxidation sites excluding steroid dienone is 2. The fraction of sp³-hybridized carbons (Fsp3) is 0.375. The first kappa shape index (κ1) is 36.8. The molecule has 0 fully saturated rings.